The number of carbonyl (C=O) groups is 4. The SMILES string of the molecule is O=C1CCC(N2C(=O)c3cccc(CNCC4CC5(CCNCC5)O4)c3C2=O)C(=O)N1. The average molecular weight is 426 g/mol. The molecule has 4 aliphatic heterocycles. The summed E-state index contributed by atoms with van der Waals surface area (Å²) in [4.78, 5) is 50.7. The molecule has 1 aromatic carbocycles. The normalized spacial score (nSPS) is 27.3. The Morgan fingerprint density at radius 1 is 1.13 bits per heavy atom. The van der Waals surface area contributed by atoms with E-state index in [-0.39, 0.29) is 30.5 Å². The number of hydrogen-bond donors (Lipinski definition) is 3. The summed E-state index contributed by atoms with van der Waals surface area (Å²) in [5.41, 5.74) is 1.41. The second-order valence-electron chi connectivity index (χ2n) is 8.79. The number of ether oxygens (including phenoxy) is 1. The molecule has 164 valence electrons. The highest BCUT2D eigenvalue weighted by atomic mass is 16.5. The van der Waals surface area contributed by atoms with Gasteiger partial charge in [-0.15, -0.1) is 0 Å². The molecule has 2 unspecified atom stereocenters. The molecule has 3 N–H and O–H groups in total. The topological polar surface area (TPSA) is 117 Å². The first kappa shape index (κ1) is 20.3. The van der Waals surface area contributed by atoms with Crippen molar-refractivity contribution in [1.29, 1.82) is 0 Å². The van der Waals surface area contributed by atoms with Gasteiger partial charge in [-0.25, -0.2) is 0 Å². The van der Waals surface area contributed by atoms with E-state index in [9.17, 15) is 19.2 Å². The van der Waals surface area contributed by atoms with Crippen LogP contribution in [0.2, 0.25) is 0 Å². The summed E-state index contributed by atoms with van der Waals surface area (Å²) in [6, 6.07) is 4.23. The van der Waals surface area contributed by atoms with Crippen molar-refractivity contribution in [1.82, 2.24) is 20.9 Å². The highest BCUT2D eigenvalue weighted by molar-refractivity contribution is 6.24. The zero-order chi connectivity index (χ0) is 21.6. The lowest BCUT2D eigenvalue weighted by Gasteiger charge is -2.50. The number of nitrogens with zero attached hydrogens (tertiary/aromatic N) is 1. The quantitative estimate of drug-likeness (QED) is 0.571. The van der Waals surface area contributed by atoms with Crippen LogP contribution in [-0.4, -0.2) is 65.9 Å². The van der Waals surface area contributed by atoms with E-state index in [1.54, 1.807) is 12.1 Å². The van der Waals surface area contributed by atoms with Gasteiger partial charge < -0.3 is 15.4 Å². The first-order valence-electron chi connectivity index (χ1n) is 10.9. The van der Waals surface area contributed by atoms with Gasteiger partial charge in [-0.3, -0.25) is 29.4 Å². The Kier molecular flexibility index (Phi) is 5.11. The molecule has 1 spiro atoms. The lowest BCUT2D eigenvalue weighted by atomic mass is 9.81. The third-order valence-electron chi connectivity index (χ3n) is 6.77. The van der Waals surface area contributed by atoms with Crippen LogP contribution in [0.3, 0.4) is 0 Å². The predicted octanol–water partition coefficient (Wildman–Crippen LogP) is 0.0885. The maximum atomic E-state index is 13.1. The van der Waals surface area contributed by atoms with Crippen LogP contribution in [0.1, 0.15) is 58.4 Å². The summed E-state index contributed by atoms with van der Waals surface area (Å²) >= 11 is 0. The van der Waals surface area contributed by atoms with Crippen LogP contribution < -0.4 is 16.0 Å². The van der Waals surface area contributed by atoms with E-state index in [0.29, 0.717) is 24.2 Å². The fraction of sp³-hybridized carbons (Fsp3) is 0.545. The zero-order valence-corrected chi connectivity index (χ0v) is 17.2. The maximum absolute atomic E-state index is 13.1. The summed E-state index contributed by atoms with van der Waals surface area (Å²) in [5.74, 6) is -1.93. The van der Waals surface area contributed by atoms with Gasteiger partial charge in [0.05, 0.1) is 22.8 Å². The average Bonchev–Trinajstić information content (AvgIpc) is 2.99. The van der Waals surface area contributed by atoms with Crippen LogP contribution in [0.4, 0.5) is 0 Å². The van der Waals surface area contributed by atoms with Crippen LogP contribution >= 0.6 is 0 Å². The molecule has 5 rings (SSSR count). The van der Waals surface area contributed by atoms with E-state index < -0.39 is 23.8 Å². The molecule has 0 bridgehead atoms. The molecular weight excluding hydrogens is 400 g/mol. The second-order valence-corrected chi connectivity index (χ2v) is 8.79. The Hall–Kier alpha value is -2.62. The summed E-state index contributed by atoms with van der Waals surface area (Å²) in [6.45, 7) is 3.10. The van der Waals surface area contributed by atoms with E-state index in [4.69, 9.17) is 4.74 Å². The fourth-order valence-corrected chi connectivity index (χ4v) is 5.18. The second kappa shape index (κ2) is 7.81. The fourth-order valence-electron chi connectivity index (χ4n) is 5.18. The zero-order valence-electron chi connectivity index (χ0n) is 17.2. The molecule has 2 atom stereocenters. The molecule has 9 heteroatoms. The van der Waals surface area contributed by atoms with Gasteiger partial charge in [0.25, 0.3) is 11.8 Å². The first-order chi connectivity index (χ1) is 15.0. The Bertz CT molecular complexity index is 947. The molecule has 31 heavy (non-hydrogen) atoms. The predicted molar refractivity (Wildman–Crippen MR) is 109 cm³/mol. The van der Waals surface area contributed by atoms with Crippen molar-refractivity contribution in [2.75, 3.05) is 19.6 Å². The van der Waals surface area contributed by atoms with Crippen LogP contribution in [0, 0.1) is 0 Å². The third kappa shape index (κ3) is 3.56. The number of piperidine rings is 2. The maximum Gasteiger partial charge on any atom is 0.262 e. The molecule has 3 fully saturated rings. The van der Waals surface area contributed by atoms with Gasteiger partial charge in [-0.1, -0.05) is 12.1 Å². The number of amides is 4. The number of benzene rings is 1. The molecule has 4 heterocycles. The van der Waals surface area contributed by atoms with Crippen LogP contribution in [-0.2, 0) is 20.9 Å². The molecule has 0 radical (unpaired) electrons. The Balaban J connectivity index is 1.23. The lowest BCUT2D eigenvalue weighted by Crippen LogP contribution is -2.58. The summed E-state index contributed by atoms with van der Waals surface area (Å²) in [6.07, 6.45) is 3.55. The van der Waals surface area contributed by atoms with Crippen molar-refractivity contribution in [2.45, 2.75) is 56.4 Å². The molecule has 0 aromatic heterocycles. The molecular formula is C22H26N4O5. The van der Waals surface area contributed by atoms with Gasteiger partial charge in [-0.05, 0) is 44.0 Å². The Labute approximate surface area is 179 Å². The molecule has 0 saturated carbocycles. The summed E-state index contributed by atoms with van der Waals surface area (Å²) in [5, 5.41) is 8.92. The van der Waals surface area contributed by atoms with E-state index in [0.717, 1.165) is 42.8 Å². The molecule has 9 nitrogen and oxygen atoms in total. The monoisotopic (exact) mass is 426 g/mol. The van der Waals surface area contributed by atoms with Crippen molar-refractivity contribution in [3.8, 4) is 0 Å². The number of hydrogen-bond acceptors (Lipinski definition) is 7. The number of fused-ring (bicyclic) bond motifs is 1. The molecule has 1 aromatic rings. The Morgan fingerprint density at radius 2 is 1.90 bits per heavy atom. The molecule has 4 aliphatic rings. The van der Waals surface area contributed by atoms with Crippen molar-refractivity contribution in [3.63, 3.8) is 0 Å². The van der Waals surface area contributed by atoms with Gasteiger partial charge in [0.15, 0.2) is 0 Å². The lowest BCUT2D eigenvalue weighted by molar-refractivity contribution is -0.214. The minimum atomic E-state index is -0.949. The minimum Gasteiger partial charge on any atom is -0.370 e. The largest absolute Gasteiger partial charge is 0.370 e. The van der Waals surface area contributed by atoms with Crippen molar-refractivity contribution < 1.29 is 23.9 Å². The van der Waals surface area contributed by atoms with Gasteiger partial charge in [0.2, 0.25) is 11.8 Å². The van der Waals surface area contributed by atoms with E-state index in [1.807, 2.05) is 6.07 Å². The van der Waals surface area contributed by atoms with E-state index >= 15 is 0 Å². The van der Waals surface area contributed by atoms with Gasteiger partial charge >= 0.3 is 0 Å². The highest BCUT2D eigenvalue weighted by Gasteiger charge is 2.46. The standard InChI is InChI=1S/C22H26N4O5/c27-17-5-4-16(19(28)25-17)26-20(29)15-3-1-2-13(18(15)21(26)30)11-24-12-14-10-22(31-14)6-8-23-9-7-22/h1-3,14,16,23-24H,4-12H2,(H,25,27,28). The van der Waals surface area contributed by atoms with Crippen LogP contribution in [0.25, 0.3) is 0 Å². The minimum absolute atomic E-state index is 0.0381. The van der Waals surface area contributed by atoms with Gasteiger partial charge in [-0.2, -0.15) is 0 Å². The van der Waals surface area contributed by atoms with Crippen molar-refractivity contribution in [3.05, 3.63) is 34.9 Å². The number of nitrogens with one attached hydrogen (secondary N) is 3. The number of imide groups is 2. The van der Waals surface area contributed by atoms with Crippen LogP contribution in [0.5, 0.6) is 0 Å². The van der Waals surface area contributed by atoms with Crippen molar-refractivity contribution in [2.24, 2.45) is 0 Å². The molecule has 3 saturated heterocycles. The number of carbonyl (C=O) groups excluding carboxylic acids is 4. The summed E-state index contributed by atoms with van der Waals surface area (Å²) < 4.78 is 6.15. The first-order valence-corrected chi connectivity index (χ1v) is 10.9. The summed E-state index contributed by atoms with van der Waals surface area (Å²) in [7, 11) is 0. The van der Waals surface area contributed by atoms with E-state index in [2.05, 4.69) is 16.0 Å². The van der Waals surface area contributed by atoms with Gasteiger partial charge in [0, 0.05) is 25.9 Å². The number of rotatable bonds is 5. The third-order valence-corrected chi connectivity index (χ3v) is 6.77. The molecule has 0 aliphatic carbocycles. The van der Waals surface area contributed by atoms with E-state index in [1.165, 1.54) is 0 Å². The highest BCUT2D eigenvalue weighted by Crippen LogP contribution is 2.39. The van der Waals surface area contributed by atoms with Crippen molar-refractivity contribution >= 4 is 23.6 Å². The van der Waals surface area contributed by atoms with Gasteiger partial charge in [0.1, 0.15) is 6.04 Å². The molecule has 4 amide bonds. The Morgan fingerprint density at radius 3 is 2.65 bits per heavy atom. The smallest absolute Gasteiger partial charge is 0.262 e. The van der Waals surface area contributed by atoms with Crippen LogP contribution in [0.15, 0.2) is 18.2 Å².